The number of aromatic hydroxyl groups is 2. The Labute approximate surface area is 176 Å². The van der Waals surface area contributed by atoms with Crippen molar-refractivity contribution in [3.05, 3.63) is 89.5 Å². The van der Waals surface area contributed by atoms with E-state index in [1.165, 1.54) is 17.5 Å². The maximum Gasteiger partial charge on any atom is 0.124 e. The monoisotopic (exact) mass is 393 g/mol. The van der Waals surface area contributed by atoms with Gasteiger partial charge in [0, 0.05) is 22.9 Å². The molecule has 0 saturated carbocycles. The van der Waals surface area contributed by atoms with Crippen molar-refractivity contribution >= 4 is 22.7 Å². The summed E-state index contributed by atoms with van der Waals surface area (Å²) >= 11 is 0. The van der Waals surface area contributed by atoms with E-state index in [9.17, 15) is 10.2 Å². The minimum atomic E-state index is 0.198. The fourth-order valence-electron chi connectivity index (χ4n) is 4.46. The van der Waals surface area contributed by atoms with E-state index < -0.39 is 0 Å². The van der Waals surface area contributed by atoms with Crippen molar-refractivity contribution in [1.82, 2.24) is 0 Å². The quantitative estimate of drug-likeness (QED) is 0.388. The van der Waals surface area contributed by atoms with Crippen molar-refractivity contribution in [1.29, 1.82) is 0 Å². The molecule has 0 spiro atoms. The molecular weight excluding hydrogens is 370 g/mol. The van der Waals surface area contributed by atoms with Gasteiger partial charge >= 0.3 is 0 Å². The number of rotatable bonds is 3. The number of phenols is 2. The van der Waals surface area contributed by atoms with Crippen molar-refractivity contribution in [3.8, 4) is 22.6 Å². The third-order valence-electron chi connectivity index (χ3n) is 5.95. The molecule has 0 fully saturated rings. The van der Waals surface area contributed by atoms with Crippen LogP contribution in [0, 0.1) is 0 Å². The Morgan fingerprint density at radius 2 is 1.50 bits per heavy atom. The smallest absolute Gasteiger partial charge is 0.124 e. The lowest BCUT2D eigenvalue weighted by Gasteiger charge is -2.22. The van der Waals surface area contributed by atoms with E-state index in [1.54, 1.807) is 18.3 Å². The summed E-state index contributed by atoms with van der Waals surface area (Å²) in [6.07, 6.45) is 6.01. The molecule has 148 valence electrons. The molecule has 30 heavy (non-hydrogen) atoms. The minimum absolute atomic E-state index is 0.198. The molecular formula is C27H23NO2. The molecule has 0 radical (unpaired) electrons. The highest BCUT2D eigenvalue weighted by atomic mass is 16.3. The molecule has 0 unspecified atom stereocenters. The molecule has 1 aliphatic carbocycles. The Morgan fingerprint density at radius 3 is 2.40 bits per heavy atom. The van der Waals surface area contributed by atoms with Gasteiger partial charge < -0.3 is 10.2 Å². The predicted octanol–water partition coefficient (Wildman–Crippen LogP) is 6.55. The number of phenolic OH excluding ortho intramolecular Hbond substituents is 2. The molecule has 0 saturated heterocycles. The summed E-state index contributed by atoms with van der Waals surface area (Å²) in [5.74, 6) is 0.495. The number of fused-ring (bicyclic) bond motifs is 2. The summed E-state index contributed by atoms with van der Waals surface area (Å²) in [4.78, 5) is 4.76. The van der Waals surface area contributed by atoms with Crippen molar-refractivity contribution in [2.24, 2.45) is 4.99 Å². The molecule has 3 nitrogen and oxygen atoms in total. The van der Waals surface area contributed by atoms with Crippen LogP contribution >= 0.6 is 0 Å². The zero-order chi connectivity index (χ0) is 20.5. The van der Waals surface area contributed by atoms with Crippen molar-refractivity contribution in [3.63, 3.8) is 0 Å². The largest absolute Gasteiger partial charge is 0.507 e. The first kappa shape index (κ1) is 18.4. The molecule has 3 heteroatoms. The molecule has 0 amide bonds. The van der Waals surface area contributed by atoms with Crippen LogP contribution in [0.15, 0.2) is 77.8 Å². The highest BCUT2D eigenvalue weighted by Gasteiger charge is 2.21. The normalized spacial score (nSPS) is 13.6. The fraction of sp³-hybridized carbons (Fsp3) is 0.148. The van der Waals surface area contributed by atoms with E-state index in [1.807, 2.05) is 36.4 Å². The second kappa shape index (κ2) is 7.68. The number of nitrogens with zero attached hydrogens (tertiary/aromatic N) is 1. The Hall–Kier alpha value is -3.59. The molecule has 2 N–H and O–H groups in total. The maximum absolute atomic E-state index is 10.9. The molecule has 1 aliphatic rings. The number of aliphatic imine (C=N–C) groups is 1. The topological polar surface area (TPSA) is 52.8 Å². The van der Waals surface area contributed by atoms with Crippen LogP contribution in [0.5, 0.6) is 11.5 Å². The maximum atomic E-state index is 10.9. The Morgan fingerprint density at radius 1 is 0.700 bits per heavy atom. The molecule has 4 aromatic carbocycles. The summed E-state index contributed by atoms with van der Waals surface area (Å²) in [6, 6.07) is 23.3. The van der Waals surface area contributed by atoms with Crippen LogP contribution < -0.4 is 0 Å². The summed E-state index contributed by atoms with van der Waals surface area (Å²) in [5, 5.41) is 23.2. The third kappa shape index (κ3) is 3.22. The molecule has 4 aromatic rings. The fourth-order valence-corrected chi connectivity index (χ4v) is 4.46. The van der Waals surface area contributed by atoms with Crippen LogP contribution in [0.1, 0.15) is 29.5 Å². The SMILES string of the molecule is Oc1ccccc1C=Nc1ccc2ccccc2c1-c1c(O)ccc2c1CCCC2. The van der Waals surface area contributed by atoms with Crippen molar-refractivity contribution < 1.29 is 10.2 Å². The Kier molecular flexibility index (Phi) is 4.72. The number of benzene rings is 4. The van der Waals surface area contributed by atoms with E-state index in [4.69, 9.17) is 4.99 Å². The van der Waals surface area contributed by atoms with Crippen LogP contribution in [-0.4, -0.2) is 16.4 Å². The molecule has 0 atom stereocenters. The second-order valence-electron chi connectivity index (χ2n) is 7.80. The van der Waals surface area contributed by atoms with Crippen LogP contribution in [0.4, 0.5) is 5.69 Å². The number of aryl methyl sites for hydroxylation is 1. The van der Waals surface area contributed by atoms with Crippen molar-refractivity contribution in [2.45, 2.75) is 25.7 Å². The molecule has 0 heterocycles. The zero-order valence-corrected chi connectivity index (χ0v) is 16.7. The van der Waals surface area contributed by atoms with E-state index in [0.29, 0.717) is 11.3 Å². The lowest BCUT2D eigenvalue weighted by Crippen LogP contribution is -2.05. The highest BCUT2D eigenvalue weighted by molar-refractivity contribution is 6.05. The van der Waals surface area contributed by atoms with Gasteiger partial charge in [0.25, 0.3) is 0 Å². The zero-order valence-electron chi connectivity index (χ0n) is 16.7. The van der Waals surface area contributed by atoms with Gasteiger partial charge in [-0.05, 0) is 71.8 Å². The first-order valence-corrected chi connectivity index (χ1v) is 10.4. The van der Waals surface area contributed by atoms with Crippen LogP contribution in [0.2, 0.25) is 0 Å². The van der Waals surface area contributed by atoms with Gasteiger partial charge in [-0.1, -0.05) is 48.5 Å². The van der Waals surface area contributed by atoms with E-state index in [-0.39, 0.29) is 5.75 Å². The predicted molar refractivity (Wildman–Crippen MR) is 123 cm³/mol. The summed E-state index contributed by atoms with van der Waals surface area (Å²) in [6.45, 7) is 0. The standard InChI is InChI=1S/C27H23NO2/c29-24-12-6-3-9-20(24)17-28-23-15-13-18-7-1-4-10-21(18)26(23)27-22-11-5-2-8-19(22)14-16-25(27)30/h1,3-4,6-7,9-10,12-17,29-30H,2,5,8,11H2. The van der Waals surface area contributed by atoms with Gasteiger partial charge in [0.15, 0.2) is 0 Å². The number of hydrogen-bond acceptors (Lipinski definition) is 3. The molecule has 0 aliphatic heterocycles. The van der Waals surface area contributed by atoms with E-state index in [0.717, 1.165) is 46.8 Å². The summed E-state index contributed by atoms with van der Waals surface area (Å²) in [5.41, 5.74) is 5.85. The first-order valence-electron chi connectivity index (χ1n) is 10.4. The van der Waals surface area contributed by atoms with Gasteiger partial charge in [0.1, 0.15) is 11.5 Å². The average molecular weight is 393 g/mol. The lowest BCUT2D eigenvalue weighted by atomic mass is 9.83. The van der Waals surface area contributed by atoms with Gasteiger partial charge in [-0.3, -0.25) is 4.99 Å². The Balaban J connectivity index is 1.77. The highest BCUT2D eigenvalue weighted by Crippen LogP contribution is 2.45. The van der Waals surface area contributed by atoms with Crippen LogP contribution in [0.25, 0.3) is 21.9 Å². The lowest BCUT2D eigenvalue weighted by molar-refractivity contribution is 0.474. The average Bonchev–Trinajstić information content (AvgIpc) is 2.78. The van der Waals surface area contributed by atoms with Gasteiger partial charge in [0.05, 0.1) is 5.69 Å². The van der Waals surface area contributed by atoms with Crippen molar-refractivity contribution in [2.75, 3.05) is 0 Å². The summed E-state index contributed by atoms with van der Waals surface area (Å²) in [7, 11) is 0. The van der Waals surface area contributed by atoms with Gasteiger partial charge in [-0.25, -0.2) is 0 Å². The van der Waals surface area contributed by atoms with Crippen LogP contribution in [0.3, 0.4) is 0 Å². The molecule has 0 aromatic heterocycles. The summed E-state index contributed by atoms with van der Waals surface area (Å²) < 4.78 is 0. The third-order valence-corrected chi connectivity index (χ3v) is 5.95. The van der Waals surface area contributed by atoms with Crippen LogP contribution in [-0.2, 0) is 12.8 Å². The van der Waals surface area contributed by atoms with E-state index in [2.05, 4.69) is 24.3 Å². The first-order chi connectivity index (χ1) is 14.7. The minimum Gasteiger partial charge on any atom is -0.507 e. The second-order valence-corrected chi connectivity index (χ2v) is 7.80. The van der Waals surface area contributed by atoms with Gasteiger partial charge in [0.2, 0.25) is 0 Å². The van der Waals surface area contributed by atoms with E-state index >= 15 is 0 Å². The number of para-hydroxylation sites is 1. The van der Waals surface area contributed by atoms with Gasteiger partial charge in [-0.2, -0.15) is 0 Å². The molecule has 0 bridgehead atoms. The Bertz CT molecular complexity index is 1270. The van der Waals surface area contributed by atoms with Gasteiger partial charge in [-0.15, -0.1) is 0 Å². The number of hydrogen-bond donors (Lipinski definition) is 2. The molecule has 5 rings (SSSR count).